The Morgan fingerprint density at radius 2 is 2.00 bits per heavy atom. The number of pyridine rings is 1. The Hall–Kier alpha value is -1.41. The van der Waals surface area contributed by atoms with Gasteiger partial charge >= 0.3 is 0 Å². The van der Waals surface area contributed by atoms with Crippen molar-refractivity contribution in [3.05, 3.63) is 42.1 Å². The lowest BCUT2D eigenvalue weighted by Gasteiger charge is -2.11. The molecule has 0 fully saturated rings. The highest BCUT2D eigenvalue weighted by Gasteiger charge is 2.05. The van der Waals surface area contributed by atoms with Gasteiger partial charge in [0, 0.05) is 11.1 Å². The number of rotatable bonds is 6. The van der Waals surface area contributed by atoms with Crippen LogP contribution in [0, 0.1) is 5.92 Å². The highest BCUT2D eigenvalue weighted by Crippen LogP contribution is 2.15. The first kappa shape index (κ1) is 13.0. The standard InChI is InChI=1S/C16H22N2/c1-3-17-11-10-13(2)12-15-9-8-14-6-4-5-7-16(14)18-15/h4-9,13,17H,3,10-12H2,1-2H3. The molecule has 1 N–H and O–H groups in total. The van der Waals surface area contributed by atoms with Crippen molar-refractivity contribution in [2.24, 2.45) is 5.92 Å². The van der Waals surface area contributed by atoms with Crippen molar-refractivity contribution in [1.29, 1.82) is 0 Å². The van der Waals surface area contributed by atoms with Crippen LogP contribution in [0.3, 0.4) is 0 Å². The quantitative estimate of drug-likeness (QED) is 0.785. The van der Waals surface area contributed by atoms with E-state index in [1.54, 1.807) is 0 Å². The van der Waals surface area contributed by atoms with Gasteiger partial charge in [0.15, 0.2) is 0 Å². The summed E-state index contributed by atoms with van der Waals surface area (Å²) >= 11 is 0. The predicted molar refractivity (Wildman–Crippen MR) is 77.8 cm³/mol. The van der Waals surface area contributed by atoms with Gasteiger partial charge in [-0.2, -0.15) is 0 Å². The van der Waals surface area contributed by atoms with E-state index in [9.17, 15) is 0 Å². The summed E-state index contributed by atoms with van der Waals surface area (Å²) in [6.07, 6.45) is 2.28. The molecule has 0 aliphatic heterocycles. The Morgan fingerprint density at radius 1 is 1.17 bits per heavy atom. The van der Waals surface area contributed by atoms with Crippen molar-refractivity contribution in [2.45, 2.75) is 26.7 Å². The summed E-state index contributed by atoms with van der Waals surface area (Å²) in [7, 11) is 0. The molecule has 2 heteroatoms. The fourth-order valence-corrected chi connectivity index (χ4v) is 2.21. The van der Waals surface area contributed by atoms with E-state index in [-0.39, 0.29) is 0 Å². The van der Waals surface area contributed by atoms with Crippen LogP contribution in [0.5, 0.6) is 0 Å². The molecule has 0 aliphatic carbocycles. The fourth-order valence-electron chi connectivity index (χ4n) is 2.21. The maximum atomic E-state index is 4.72. The van der Waals surface area contributed by atoms with Crippen LogP contribution in [0.15, 0.2) is 36.4 Å². The van der Waals surface area contributed by atoms with Crippen LogP contribution >= 0.6 is 0 Å². The summed E-state index contributed by atoms with van der Waals surface area (Å²) in [5, 5.41) is 4.60. The van der Waals surface area contributed by atoms with Crippen LogP contribution in [-0.4, -0.2) is 18.1 Å². The molecule has 1 unspecified atom stereocenters. The molecule has 0 saturated carbocycles. The van der Waals surface area contributed by atoms with E-state index in [0.717, 1.165) is 25.0 Å². The first-order valence-corrected chi connectivity index (χ1v) is 6.85. The van der Waals surface area contributed by atoms with Gasteiger partial charge in [0.2, 0.25) is 0 Å². The third-order valence-corrected chi connectivity index (χ3v) is 3.28. The van der Waals surface area contributed by atoms with Gasteiger partial charge in [-0.25, -0.2) is 0 Å². The lowest BCUT2D eigenvalue weighted by Crippen LogP contribution is -2.17. The Kier molecular flexibility index (Phi) is 4.71. The molecule has 0 amide bonds. The smallest absolute Gasteiger partial charge is 0.0705 e. The zero-order valence-electron chi connectivity index (χ0n) is 11.3. The van der Waals surface area contributed by atoms with E-state index in [2.05, 4.69) is 49.5 Å². The first-order chi connectivity index (χ1) is 8.79. The second-order valence-corrected chi connectivity index (χ2v) is 4.95. The van der Waals surface area contributed by atoms with Gasteiger partial charge in [-0.1, -0.05) is 38.1 Å². The largest absolute Gasteiger partial charge is 0.317 e. The second-order valence-electron chi connectivity index (χ2n) is 4.95. The van der Waals surface area contributed by atoms with E-state index >= 15 is 0 Å². The summed E-state index contributed by atoms with van der Waals surface area (Å²) in [4.78, 5) is 4.72. The summed E-state index contributed by atoms with van der Waals surface area (Å²) < 4.78 is 0. The molecule has 96 valence electrons. The monoisotopic (exact) mass is 242 g/mol. The van der Waals surface area contributed by atoms with Gasteiger partial charge in [0.05, 0.1) is 5.52 Å². The Balaban J connectivity index is 1.98. The molecule has 0 bridgehead atoms. The van der Waals surface area contributed by atoms with Gasteiger partial charge in [0.1, 0.15) is 0 Å². The molecule has 1 heterocycles. The minimum atomic E-state index is 0.678. The first-order valence-electron chi connectivity index (χ1n) is 6.85. The second kappa shape index (κ2) is 6.50. The summed E-state index contributed by atoms with van der Waals surface area (Å²) in [6, 6.07) is 12.6. The molecule has 1 aromatic heterocycles. The van der Waals surface area contributed by atoms with Gasteiger partial charge in [0.25, 0.3) is 0 Å². The van der Waals surface area contributed by atoms with E-state index in [4.69, 9.17) is 4.98 Å². The van der Waals surface area contributed by atoms with Crippen LogP contribution in [0.4, 0.5) is 0 Å². The molecule has 2 rings (SSSR count). The van der Waals surface area contributed by atoms with Crippen LogP contribution < -0.4 is 5.32 Å². The third kappa shape index (κ3) is 3.54. The number of nitrogens with zero attached hydrogens (tertiary/aromatic N) is 1. The Labute approximate surface area is 109 Å². The third-order valence-electron chi connectivity index (χ3n) is 3.28. The number of nitrogens with one attached hydrogen (secondary N) is 1. The van der Waals surface area contributed by atoms with E-state index in [0.29, 0.717) is 5.92 Å². The van der Waals surface area contributed by atoms with Gasteiger partial charge < -0.3 is 5.32 Å². The minimum absolute atomic E-state index is 0.678. The summed E-state index contributed by atoms with van der Waals surface area (Å²) in [6.45, 7) is 6.61. The van der Waals surface area contributed by atoms with Gasteiger partial charge in [-0.15, -0.1) is 0 Å². The lowest BCUT2D eigenvalue weighted by atomic mass is 10.0. The average Bonchev–Trinajstić information content (AvgIpc) is 2.39. The van der Waals surface area contributed by atoms with Crippen molar-refractivity contribution in [1.82, 2.24) is 10.3 Å². The Bertz CT molecular complexity index is 493. The molecule has 2 nitrogen and oxygen atoms in total. The van der Waals surface area contributed by atoms with Crippen LogP contribution in [0.2, 0.25) is 0 Å². The number of hydrogen-bond donors (Lipinski definition) is 1. The molecule has 0 saturated heterocycles. The number of para-hydroxylation sites is 1. The normalized spacial score (nSPS) is 12.8. The molecule has 18 heavy (non-hydrogen) atoms. The Morgan fingerprint density at radius 3 is 2.83 bits per heavy atom. The van der Waals surface area contributed by atoms with Crippen molar-refractivity contribution in [3.63, 3.8) is 0 Å². The zero-order valence-corrected chi connectivity index (χ0v) is 11.3. The highest BCUT2D eigenvalue weighted by molar-refractivity contribution is 5.78. The highest BCUT2D eigenvalue weighted by atomic mass is 14.8. The maximum Gasteiger partial charge on any atom is 0.0705 e. The van der Waals surface area contributed by atoms with Gasteiger partial charge in [-0.05, 0) is 44.0 Å². The molecule has 1 aromatic carbocycles. The van der Waals surface area contributed by atoms with Crippen molar-refractivity contribution < 1.29 is 0 Å². The van der Waals surface area contributed by atoms with E-state index in [1.807, 2.05) is 6.07 Å². The molecule has 0 aliphatic rings. The van der Waals surface area contributed by atoms with E-state index < -0.39 is 0 Å². The molecule has 2 aromatic rings. The molecular weight excluding hydrogens is 220 g/mol. The van der Waals surface area contributed by atoms with Crippen LogP contribution in [-0.2, 0) is 6.42 Å². The van der Waals surface area contributed by atoms with Crippen molar-refractivity contribution >= 4 is 10.9 Å². The van der Waals surface area contributed by atoms with Gasteiger partial charge in [-0.3, -0.25) is 4.98 Å². The molecule has 0 spiro atoms. The number of fused-ring (bicyclic) bond motifs is 1. The minimum Gasteiger partial charge on any atom is -0.317 e. The number of aromatic nitrogens is 1. The summed E-state index contributed by atoms with van der Waals surface area (Å²) in [5.74, 6) is 0.678. The van der Waals surface area contributed by atoms with Crippen LogP contribution in [0.25, 0.3) is 10.9 Å². The lowest BCUT2D eigenvalue weighted by molar-refractivity contribution is 0.500. The molecule has 0 radical (unpaired) electrons. The molecular formula is C16H22N2. The molecule has 1 atom stereocenters. The predicted octanol–water partition coefficient (Wildman–Crippen LogP) is 3.41. The number of benzene rings is 1. The van der Waals surface area contributed by atoms with Crippen LogP contribution in [0.1, 0.15) is 26.0 Å². The SMILES string of the molecule is CCNCCC(C)Cc1ccc2ccccc2n1. The maximum absolute atomic E-state index is 4.72. The van der Waals surface area contributed by atoms with Crippen molar-refractivity contribution in [2.75, 3.05) is 13.1 Å². The topological polar surface area (TPSA) is 24.9 Å². The van der Waals surface area contributed by atoms with E-state index in [1.165, 1.54) is 17.5 Å². The number of hydrogen-bond acceptors (Lipinski definition) is 2. The average molecular weight is 242 g/mol. The fraction of sp³-hybridized carbons (Fsp3) is 0.438. The zero-order chi connectivity index (χ0) is 12.8. The summed E-state index contributed by atoms with van der Waals surface area (Å²) in [5.41, 5.74) is 2.31. The van der Waals surface area contributed by atoms with Crippen molar-refractivity contribution in [3.8, 4) is 0 Å².